The van der Waals surface area contributed by atoms with Crippen LogP contribution in [0.5, 0.6) is 0 Å². The molecule has 0 spiro atoms. The summed E-state index contributed by atoms with van der Waals surface area (Å²) in [4.78, 5) is 25.0. The van der Waals surface area contributed by atoms with Gasteiger partial charge in [0.1, 0.15) is 22.3 Å². The SMILES string of the molecule is CN(CC1CCN(c2ncnc3c2c(Br)nn3C)CC1)C(=O)OC(C)(C)C. The van der Waals surface area contributed by atoms with Gasteiger partial charge in [0, 0.05) is 33.7 Å². The predicted octanol–water partition coefficient (Wildman–Crippen LogP) is 3.21. The van der Waals surface area contributed by atoms with Crippen LogP contribution in [0.1, 0.15) is 33.6 Å². The number of piperidine rings is 1. The van der Waals surface area contributed by atoms with E-state index in [1.807, 2.05) is 27.8 Å². The van der Waals surface area contributed by atoms with Gasteiger partial charge in [0.25, 0.3) is 0 Å². The molecule has 1 aliphatic rings. The number of halogens is 1. The second-order valence-electron chi connectivity index (χ2n) is 8.10. The second kappa shape index (κ2) is 7.61. The van der Waals surface area contributed by atoms with Crippen LogP contribution in [0.3, 0.4) is 0 Å². The number of carbonyl (C=O) groups is 1. The lowest BCUT2D eigenvalue weighted by atomic mass is 9.96. The fourth-order valence-corrected chi connectivity index (χ4v) is 3.99. The lowest BCUT2D eigenvalue weighted by Crippen LogP contribution is -2.41. The van der Waals surface area contributed by atoms with Gasteiger partial charge in [-0.3, -0.25) is 0 Å². The Kier molecular flexibility index (Phi) is 5.60. The summed E-state index contributed by atoms with van der Waals surface area (Å²) in [5, 5.41) is 5.34. The Labute approximate surface area is 168 Å². The Hall–Kier alpha value is -1.90. The van der Waals surface area contributed by atoms with E-state index >= 15 is 0 Å². The molecule has 0 bridgehead atoms. The minimum absolute atomic E-state index is 0.262. The molecule has 1 amide bonds. The summed E-state index contributed by atoms with van der Waals surface area (Å²) in [5.74, 6) is 1.37. The number of aryl methyl sites for hydroxylation is 1. The smallest absolute Gasteiger partial charge is 0.410 e. The van der Waals surface area contributed by atoms with Gasteiger partial charge in [0.05, 0.1) is 5.39 Å². The summed E-state index contributed by atoms with van der Waals surface area (Å²) in [7, 11) is 3.68. The third-order valence-electron chi connectivity index (χ3n) is 4.71. The van der Waals surface area contributed by atoms with Crippen molar-refractivity contribution in [1.29, 1.82) is 0 Å². The number of amides is 1. The van der Waals surface area contributed by atoms with Crippen molar-refractivity contribution in [2.24, 2.45) is 13.0 Å². The molecule has 0 radical (unpaired) electrons. The first kappa shape index (κ1) is 19.9. The molecule has 0 N–H and O–H groups in total. The average molecular weight is 439 g/mol. The van der Waals surface area contributed by atoms with Crippen molar-refractivity contribution in [3.63, 3.8) is 0 Å². The molecule has 0 aliphatic carbocycles. The molecule has 1 saturated heterocycles. The number of hydrogen-bond donors (Lipinski definition) is 0. The molecule has 0 aromatic carbocycles. The van der Waals surface area contributed by atoms with Crippen LogP contribution in [0.4, 0.5) is 10.6 Å². The number of fused-ring (bicyclic) bond motifs is 1. The lowest BCUT2D eigenvalue weighted by molar-refractivity contribution is 0.0266. The van der Waals surface area contributed by atoms with Crippen LogP contribution in [0, 0.1) is 5.92 Å². The van der Waals surface area contributed by atoms with Crippen molar-refractivity contribution in [3.8, 4) is 0 Å². The Bertz CT molecular complexity index is 823. The van der Waals surface area contributed by atoms with Crippen molar-refractivity contribution in [2.45, 2.75) is 39.2 Å². The first-order valence-corrected chi connectivity index (χ1v) is 9.97. The Morgan fingerprint density at radius 1 is 1.33 bits per heavy atom. The Morgan fingerprint density at radius 3 is 2.63 bits per heavy atom. The van der Waals surface area contributed by atoms with E-state index in [1.54, 1.807) is 23.0 Å². The van der Waals surface area contributed by atoms with E-state index in [1.165, 1.54) is 0 Å². The molecule has 3 rings (SSSR count). The number of aromatic nitrogens is 4. The van der Waals surface area contributed by atoms with Crippen molar-refractivity contribution < 1.29 is 9.53 Å². The van der Waals surface area contributed by atoms with E-state index in [-0.39, 0.29) is 6.09 Å². The maximum atomic E-state index is 12.2. The second-order valence-corrected chi connectivity index (χ2v) is 8.85. The number of hydrogen-bond acceptors (Lipinski definition) is 6. The molecule has 1 fully saturated rings. The molecule has 3 heterocycles. The van der Waals surface area contributed by atoms with E-state index in [2.05, 4.69) is 35.9 Å². The number of ether oxygens (including phenoxy) is 1. The van der Waals surface area contributed by atoms with E-state index in [0.29, 0.717) is 12.5 Å². The standard InChI is InChI=1S/C18H27BrN6O2/c1-18(2,3)27-17(26)23(4)10-12-6-8-25(9-7-12)16-13-14(19)22-24(5)15(13)20-11-21-16/h11-12H,6-10H2,1-5H3. The highest BCUT2D eigenvalue weighted by molar-refractivity contribution is 9.10. The molecule has 2 aromatic heterocycles. The van der Waals surface area contributed by atoms with Gasteiger partial charge in [-0.1, -0.05) is 0 Å². The summed E-state index contributed by atoms with van der Waals surface area (Å²) in [6.07, 6.45) is 3.32. The highest BCUT2D eigenvalue weighted by Gasteiger charge is 2.27. The zero-order valence-corrected chi connectivity index (χ0v) is 18.2. The first-order valence-electron chi connectivity index (χ1n) is 9.18. The molecule has 9 heteroatoms. The normalized spacial score (nSPS) is 16.0. The van der Waals surface area contributed by atoms with Gasteiger partial charge < -0.3 is 14.5 Å². The van der Waals surface area contributed by atoms with E-state index in [4.69, 9.17) is 4.74 Å². The minimum Gasteiger partial charge on any atom is -0.444 e. The average Bonchev–Trinajstić information content (AvgIpc) is 2.88. The topological polar surface area (TPSA) is 76.4 Å². The Balaban J connectivity index is 1.62. The van der Waals surface area contributed by atoms with Gasteiger partial charge in [-0.15, -0.1) is 0 Å². The monoisotopic (exact) mass is 438 g/mol. The molecular formula is C18H27BrN6O2. The summed E-state index contributed by atoms with van der Waals surface area (Å²) < 4.78 is 7.96. The minimum atomic E-state index is -0.468. The Morgan fingerprint density at radius 2 is 2.00 bits per heavy atom. The van der Waals surface area contributed by atoms with Crippen LogP contribution >= 0.6 is 15.9 Å². The highest BCUT2D eigenvalue weighted by Crippen LogP contribution is 2.32. The summed E-state index contributed by atoms with van der Waals surface area (Å²) in [5.41, 5.74) is 0.350. The van der Waals surface area contributed by atoms with Gasteiger partial charge in [0.15, 0.2) is 5.65 Å². The van der Waals surface area contributed by atoms with Gasteiger partial charge in [-0.05, 0) is 55.5 Å². The van der Waals surface area contributed by atoms with Crippen molar-refractivity contribution in [2.75, 3.05) is 31.6 Å². The quantitative estimate of drug-likeness (QED) is 0.731. The molecule has 148 valence electrons. The van der Waals surface area contributed by atoms with Crippen molar-refractivity contribution in [3.05, 3.63) is 10.9 Å². The molecule has 0 unspecified atom stereocenters. The highest BCUT2D eigenvalue weighted by atomic mass is 79.9. The number of carbonyl (C=O) groups excluding carboxylic acids is 1. The van der Waals surface area contributed by atoms with Crippen LogP contribution in [0.2, 0.25) is 0 Å². The van der Waals surface area contributed by atoms with Gasteiger partial charge >= 0.3 is 6.09 Å². The summed E-state index contributed by atoms with van der Waals surface area (Å²) in [6, 6.07) is 0. The van der Waals surface area contributed by atoms with E-state index in [0.717, 1.165) is 47.4 Å². The summed E-state index contributed by atoms with van der Waals surface area (Å²) in [6.45, 7) is 8.14. The number of anilines is 1. The molecule has 8 nitrogen and oxygen atoms in total. The van der Waals surface area contributed by atoms with Crippen molar-refractivity contribution >= 4 is 38.9 Å². The molecular weight excluding hydrogens is 412 g/mol. The zero-order valence-electron chi connectivity index (χ0n) is 16.6. The molecule has 0 saturated carbocycles. The third kappa shape index (κ3) is 4.51. The van der Waals surface area contributed by atoms with Crippen LogP contribution in [0.15, 0.2) is 10.9 Å². The van der Waals surface area contributed by atoms with Crippen molar-refractivity contribution in [1.82, 2.24) is 24.6 Å². The predicted molar refractivity (Wildman–Crippen MR) is 108 cm³/mol. The maximum absolute atomic E-state index is 12.2. The fourth-order valence-electron chi connectivity index (χ4n) is 3.40. The maximum Gasteiger partial charge on any atom is 0.410 e. The van der Waals surface area contributed by atoms with Crippen LogP contribution < -0.4 is 4.90 Å². The van der Waals surface area contributed by atoms with Crippen LogP contribution in [-0.2, 0) is 11.8 Å². The fraction of sp³-hybridized carbons (Fsp3) is 0.667. The van der Waals surface area contributed by atoms with Crippen LogP contribution in [0.25, 0.3) is 11.0 Å². The van der Waals surface area contributed by atoms with E-state index in [9.17, 15) is 4.79 Å². The van der Waals surface area contributed by atoms with Gasteiger partial charge in [0.2, 0.25) is 0 Å². The molecule has 0 atom stereocenters. The first-order chi connectivity index (χ1) is 12.7. The third-order valence-corrected chi connectivity index (χ3v) is 5.26. The van der Waals surface area contributed by atoms with Crippen LogP contribution in [-0.4, -0.2) is 63.0 Å². The van der Waals surface area contributed by atoms with E-state index < -0.39 is 5.60 Å². The van der Waals surface area contributed by atoms with Gasteiger partial charge in [-0.2, -0.15) is 5.10 Å². The zero-order chi connectivity index (χ0) is 19.8. The largest absolute Gasteiger partial charge is 0.444 e. The molecule has 1 aliphatic heterocycles. The molecule has 27 heavy (non-hydrogen) atoms. The number of rotatable bonds is 3. The summed E-state index contributed by atoms with van der Waals surface area (Å²) >= 11 is 3.52. The number of nitrogens with zero attached hydrogens (tertiary/aromatic N) is 6. The lowest BCUT2D eigenvalue weighted by Gasteiger charge is -2.35. The van der Waals surface area contributed by atoms with Gasteiger partial charge in [-0.25, -0.2) is 19.4 Å². The molecule has 2 aromatic rings.